The first kappa shape index (κ1) is 20.3. The highest BCUT2D eigenvalue weighted by Gasteiger charge is 2.26. The van der Waals surface area contributed by atoms with Crippen molar-refractivity contribution in [2.45, 2.75) is 45.7 Å². The molecule has 0 fully saturated rings. The van der Waals surface area contributed by atoms with E-state index in [4.69, 9.17) is 9.78 Å². The Hall–Kier alpha value is -4.00. The van der Waals surface area contributed by atoms with Crippen LogP contribution in [0.2, 0.25) is 0 Å². The highest BCUT2D eigenvalue weighted by atomic mass is 16.5. The van der Waals surface area contributed by atoms with E-state index in [-0.39, 0.29) is 11.4 Å². The van der Waals surface area contributed by atoms with Crippen molar-refractivity contribution >= 4 is 11.6 Å². The molecule has 1 aliphatic heterocycles. The highest BCUT2D eigenvalue weighted by Crippen LogP contribution is 2.22. The second kappa shape index (κ2) is 8.39. The molecule has 31 heavy (non-hydrogen) atoms. The van der Waals surface area contributed by atoms with Gasteiger partial charge in [0.2, 0.25) is 17.6 Å². The lowest BCUT2D eigenvalue weighted by Gasteiger charge is -2.21. The predicted octanol–water partition coefficient (Wildman–Crippen LogP) is 1.47. The molecule has 4 rings (SSSR count). The second-order valence-electron chi connectivity index (χ2n) is 7.21. The molecular weight excluding hydrogens is 400 g/mol. The largest absolute Gasteiger partial charge is 0.339 e. The minimum atomic E-state index is -0.623. The van der Waals surface area contributed by atoms with Gasteiger partial charge in [-0.25, -0.2) is 4.79 Å². The lowest BCUT2D eigenvalue weighted by atomic mass is 10.0. The Morgan fingerprint density at radius 1 is 1.32 bits per heavy atom. The minimum absolute atomic E-state index is 0.128. The number of nitrogens with zero attached hydrogens (tertiary/aromatic N) is 5. The van der Waals surface area contributed by atoms with Crippen LogP contribution in [0.4, 0.5) is 5.69 Å². The monoisotopic (exact) mass is 420 g/mol. The summed E-state index contributed by atoms with van der Waals surface area (Å²) < 4.78 is 7.58. The number of anilines is 1. The van der Waals surface area contributed by atoms with Crippen LogP contribution in [-0.4, -0.2) is 25.2 Å². The minimum Gasteiger partial charge on any atom is -0.339 e. The van der Waals surface area contributed by atoms with Crippen molar-refractivity contribution in [2.24, 2.45) is 0 Å². The number of hydrogen-bond donors (Lipinski definition) is 1. The molecule has 3 heterocycles. The Bertz CT molecular complexity index is 1310. The average Bonchev–Trinajstić information content (AvgIpc) is 3.26. The molecule has 3 aromatic rings. The Kier molecular flexibility index (Phi) is 5.49. The summed E-state index contributed by atoms with van der Waals surface area (Å²) in [6, 6.07) is 8.37. The van der Waals surface area contributed by atoms with Crippen LogP contribution in [0, 0.1) is 11.3 Å². The van der Waals surface area contributed by atoms with Crippen molar-refractivity contribution in [2.75, 3.05) is 5.32 Å². The molecule has 2 aromatic heterocycles. The van der Waals surface area contributed by atoms with Crippen molar-refractivity contribution in [1.29, 1.82) is 5.26 Å². The van der Waals surface area contributed by atoms with E-state index in [1.165, 1.54) is 10.6 Å². The lowest BCUT2D eigenvalue weighted by molar-refractivity contribution is -0.116. The summed E-state index contributed by atoms with van der Waals surface area (Å²) in [6.45, 7) is 1.83. The number of rotatable bonds is 5. The van der Waals surface area contributed by atoms with E-state index >= 15 is 0 Å². The van der Waals surface area contributed by atoms with Crippen molar-refractivity contribution in [1.82, 2.24) is 19.3 Å². The van der Waals surface area contributed by atoms with Gasteiger partial charge in [0.15, 0.2) is 0 Å². The first-order chi connectivity index (χ1) is 15.0. The quantitative estimate of drug-likeness (QED) is 0.660. The summed E-state index contributed by atoms with van der Waals surface area (Å²) in [5, 5.41) is 15.5. The van der Waals surface area contributed by atoms with Gasteiger partial charge in [-0.15, -0.1) is 0 Å². The Balaban J connectivity index is 1.74. The molecule has 158 valence electrons. The van der Waals surface area contributed by atoms with Crippen LogP contribution >= 0.6 is 0 Å². The molecule has 0 atom stereocenters. The number of amides is 1. The van der Waals surface area contributed by atoms with Gasteiger partial charge in [0.25, 0.3) is 5.56 Å². The zero-order valence-electron chi connectivity index (χ0n) is 16.9. The number of benzene rings is 1. The van der Waals surface area contributed by atoms with Gasteiger partial charge < -0.3 is 9.84 Å². The molecule has 10 nitrogen and oxygen atoms in total. The number of carbonyl (C=O) groups is 1. The van der Waals surface area contributed by atoms with E-state index in [2.05, 4.69) is 15.5 Å². The van der Waals surface area contributed by atoms with Crippen LogP contribution in [0.25, 0.3) is 11.4 Å². The van der Waals surface area contributed by atoms with Gasteiger partial charge in [-0.1, -0.05) is 18.1 Å². The average molecular weight is 420 g/mol. The number of aryl methyl sites for hydroxylation is 1. The van der Waals surface area contributed by atoms with E-state index in [9.17, 15) is 14.4 Å². The fourth-order valence-corrected chi connectivity index (χ4v) is 3.67. The van der Waals surface area contributed by atoms with Crippen molar-refractivity contribution in [3.8, 4) is 17.5 Å². The number of fused-ring (bicyclic) bond motifs is 1. The van der Waals surface area contributed by atoms with E-state index in [1.807, 2.05) is 13.0 Å². The van der Waals surface area contributed by atoms with E-state index < -0.39 is 23.7 Å². The normalized spacial score (nSPS) is 12.8. The molecule has 0 saturated heterocycles. The van der Waals surface area contributed by atoms with Crippen molar-refractivity contribution in [3.63, 3.8) is 0 Å². The van der Waals surface area contributed by atoms with Crippen LogP contribution in [0.5, 0.6) is 0 Å². The molecular formula is C21H20N6O4. The van der Waals surface area contributed by atoms with Gasteiger partial charge >= 0.3 is 5.69 Å². The SMILES string of the molecule is CCc1nc(-c2c3n(c(=O)n(CC(=O)Nc4cccc(C#N)c4)c2=O)CCCC3)no1. The molecule has 1 N–H and O–H groups in total. The van der Waals surface area contributed by atoms with E-state index in [1.54, 1.807) is 18.2 Å². The van der Waals surface area contributed by atoms with Crippen molar-refractivity contribution in [3.05, 3.63) is 62.3 Å². The summed E-state index contributed by atoms with van der Waals surface area (Å²) in [5.41, 5.74) is 0.396. The molecule has 1 aliphatic rings. The maximum atomic E-state index is 13.3. The summed E-state index contributed by atoms with van der Waals surface area (Å²) in [5.74, 6) is -0.0424. The van der Waals surface area contributed by atoms with E-state index in [0.29, 0.717) is 42.2 Å². The van der Waals surface area contributed by atoms with Gasteiger partial charge in [0.05, 0.1) is 11.6 Å². The third-order valence-electron chi connectivity index (χ3n) is 5.15. The number of nitrogens with one attached hydrogen (secondary N) is 1. The number of aromatic nitrogens is 4. The van der Waals surface area contributed by atoms with Crippen LogP contribution in [0.3, 0.4) is 0 Å². The number of hydrogen-bond acceptors (Lipinski definition) is 7. The van der Waals surface area contributed by atoms with Gasteiger partial charge in [-0.05, 0) is 37.5 Å². The van der Waals surface area contributed by atoms with Crippen LogP contribution in [0.15, 0.2) is 38.4 Å². The zero-order chi connectivity index (χ0) is 22.0. The smallest absolute Gasteiger partial charge is 0.331 e. The molecule has 0 spiro atoms. The lowest BCUT2D eigenvalue weighted by Crippen LogP contribution is -2.45. The number of carbonyl (C=O) groups excluding carboxylic acids is 1. The van der Waals surface area contributed by atoms with E-state index in [0.717, 1.165) is 17.4 Å². The molecule has 0 unspecified atom stereocenters. The maximum Gasteiger partial charge on any atom is 0.331 e. The van der Waals surface area contributed by atoms with Crippen LogP contribution < -0.4 is 16.6 Å². The Morgan fingerprint density at radius 2 is 2.16 bits per heavy atom. The van der Waals surface area contributed by atoms with Crippen LogP contribution in [0.1, 0.15) is 36.9 Å². The Morgan fingerprint density at radius 3 is 2.90 bits per heavy atom. The molecule has 0 radical (unpaired) electrons. The fraction of sp³-hybridized carbons (Fsp3) is 0.333. The maximum absolute atomic E-state index is 13.3. The standard InChI is InChI=1S/C21H20N6O4/c1-2-17-24-19(25-31-17)18-15-8-3-4-9-26(15)21(30)27(20(18)29)12-16(28)23-14-7-5-6-13(10-14)11-22/h5-7,10H,2-4,8-9,12H2,1H3,(H,23,28). The van der Waals surface area contributed by atoms with Gasteiger partial charge in [0, 0.05) is 24.3 Å². The summed E-state index contributed by atoms with van der Waals surface area (Å²) in [6.07, 6.45) is 2.69. The third-order valence-corrected chi connectivity index (χ3v) is 5.15. The molecule has 0 saturated carbocycles. The summed E-state index contributed by atoms with van der Waals surface area (Å²) in [4.78, 5) is 43.1. The highest BCUT2D eigenvalue weighted by molar-refractivity contribution is 5.90. The molecule has 0 aliphatic carbocycles. The topological polar surface area (TPSA) is 136 Å². The molecule has 1 amide bonds. The fourth-order valence-electron chi connectivity index (χ4n) is 3.67. The second-order valence-corrected chi connectivity index (χ2v) is 7.21. The molecule has 1 aromatic carbocycles. The van der Waals surface area contributed by atoms with Crippen LogP contribution in [-0.2, 0) is 30.7 Å². The van der Waals surface area contributed by atoms with Gasteiger partial charge in [-0.2, -0.15) is 10.2 Å². The first-order valence-electron chi connectivity index (χ1n) is 10.0. The molecule has 0 bridgehead atoms. The van der Waals surface area contributed by atoms with Gasteiger partial charge in [-0.3, -0.25) is 18.7 Å². The first-order valence-corrected chi connectivity index (χ1v) is 10.0. The summed E-state index contributed by atoms with van der Waals surface area (Å²) in [7, 11) is 0. The van der Waals surface area contributed by atoms with Crippen molar-refractivity contribution < 1.29 is 9.32 Å². The summed E-state index contributed by atoms with van der Waals surface area (Å²) >= 11 is 0. The van der Waals surface area contributed by atoms with Gasteiger partial charge in [0.1, 0.15) is 12.1 Å². The third kappa shape index (κ3) is 3.90. The molecule has 10 heteroatoms. The Labute approximate surface area is 176 Å². The predicted molar refractivity (Wildman–Crippen MR) is 110 cm³/mol. The zero-order valence-corrected chi connectivity index (χ0v) is 16.9. The number of nitriles is 1.